The molecule has 76 heavy (non-hydrogen) atoms. The summed E-state index contributed by atoms with van der Waals surface area (Å²) in [4.78, 5) is 30.3. The third kappa shape index (κ3) is 14.6. The summed E-state index contributed by atoms with van der Waals surface area (Å²) in [6.07, 6.45) is 9.45. The molecule has 1 amide bonds. The molecule has 2 aromatic heterocycles. The first kappa shape index (κ1) is 57.2. The standard InChI is InChI=1S/C24H30FN3O6S.C22H26FN3O6S2.C3H5ClO2S/c1-15-21(32-16-9-11-28(12-10-16)23(29)34-24(2,3)4)26-14-27-22(15)33-20-8-7-18(13-19(20)25)35(30,31)17-5-6-17;1-14-21(31-15-8-10-26(11-9-15)34(29,30)17-4-5-17)24-13-25-22(14)32-20-7-6-18(12-19(20)23)33(27,28)16-2-3-16;4-7(5,6)3-1-2-3/h7-8,13-14,16-17H,5-6,9-12H2,1-4H3;6-7,12-13,15-17H,2-5,8-11H2,1H3;3H,1-2H2. The summed E-state index contributed by atoms with van der Waals surface area (Å²) >= 11 is 0. The van der Waals surface area contributed by atoms with Crippen molar-refractivity contribution < 1.29 is 70.9 Å². The smallest absolute Gasteiger partial charge is 0.410 e. The minimum Gasteiger partial charge on any atom is -0.474 e. The lowest BCUT2D eigenvalue weighted by Crippen LogP contribution is -2.44. The van der Waals surface area contributed by atoms with Crippen LogP contribution in [0.4, 0.5) is 13.6 Å². The first-order chi connectivity index (χ1) is 35.7. The average Bonchev–Trinajstić information content (AvgIpc) is 4.15. The molecule has 0 N–H and O–H groups in total. The highest BCUT2D eigenvalue weighted by atomic mass is 35.7. The van der Waals surface area contributed by atoms with Gasteiger partial charge < -0.3 is 28.6 Å². The number of sulfone groups is 2. The number of amides is 1. The van der Waals surface area contributed by atoms with Crippen LogP contribution in [0.1, 0.15) is 109 Å². The Morgan fingerprint density at radius 3 is 1.29 bits per heavy atom. The van der Waals surface area contributed by atoms with E-state index >= 15 is 0 Å². The molecule has 416 valence electrons. The largest absolute Gasteiger partial charge is 0.474 e. The third-order valence-electron chi connectivity index (χ3n) is 13.1. The van der Waals surface area contributed by atoms with Gasteiger partial charge in [0.2, 0.25) is 42.6 Å². The van der Waals surface area contributed by atoms with E-state index in [9.17, 15) is 47.2 Å². The Kier molecular flexibility index (Phi) is 17.1. The number of aromatic nitrogens is 4. The predicted molar refractivity (Wildman–Crippen MR) is 273 cm³/mol. The zero-order chi connectivity index (χ0) is 55.0. The molecular formula is C49H61ClF2N6O14S4. The summed E-state index contributed by atoms with van der Waals surface area (Å²) in [5.74, 6) is -1.10. The molecular weight excluding hydrogens is 1100 g/mol. The SMILES string of the molecule is Cc1c(Oc2ccc(S(=O)(=O)C3CC3)cc2F)ncnc1OC1CCN(C(=O)OC(C)(C)C)CC1.Cc1c(Oc2ccc(S(=O)(=O)C3CC3)cc2F)ncnc1OC1CCN(S(=O)(=O)C2CC2)CC1.O=S(=O)(Cl)C1CC1. The van der Waals surface area contributed by atoms with Crippen LogP contribution in [0.15, 0.2) is 58.8 Å². The van der Waals surface area contributed by atoms with E-state index in [1.54, 1.807) is 23.1 Å². The number of carbonyl (C=O) groups excluding carboxylic acids is 1. The van der Waals surface area contributed by atoms with Gasteiger partial charge in [-0.2, -0.15) is 0 Å². The van der Waals surface area contributed by atoms with Crippen LogP contribution in [-0.2, 0) is 43.5 Å². The summed E-state index contributed by atoms with van der Waals surface area (Å²) in [6, 6.07) is 7.21. The molecule has 0 spiro atoms. The summed E-state index contributed by atoms with van der Waals surface area (Å²) in [6.45, 7) is 10.7. The van der Waals surface area contributed by atoms with E-state index in [2.05, 4.69) is 19.9 Å². The maximum absolute atomic E-state index is 14.7. The molecule has 27 heteroatoms. The van der Waals surface area contributed by atoms with E-state index in [-0.39, 0.29) is 67.7 Å². The zero-order valence-corrected chi connectivity index (χ0v) is 46.6. The van der Waals surface area contributed by atoms with Crippen molar-refractivity contribution in [1.82, 2.24) is 29.1 Å². The van der Waals surface area contributed by atoms with Crippen LogP contribution in [0.25, 0.3) is 0 Å². The van der Waals surface area contributed by atoms with Crippen molar-refractivity contribution in [2.75, 3.05) is 26.2 Å². The van der Waals surface area contributed by atoms with Crippen LogP contribution in [0.2, 0.25) is 0 Å². The maximum Gasteiger partial charge on any atom is 0.410 e. The molecule has 2 aliphatic heterocycles. The monoisotopic (exact) mass is 1160 g/mol. The lowest BCUT2D eigenvalue weighted by Gasteiger charge is -2.33. The quantitative estimate of drug-likeness (QED) is 0.102. The normalized spacial score (nSPS) is 19.1. The number of likely N-dealkylation sites (tertiary alicyclic amines) is 1. The summed E-state index contributed by atoms with van der Waals surface area (Å²) in [5.41, 5.74) is 0.394. The van der Waals surface area contributed by atoms with Crippen molar-refractivity contribution in [2.45, 2.75) is 160 Å². The first-order valence-corrected chi connectivity index (χ1v) is 32.0. The number of rotatable bonds is 15. The van der Waals surface area contributed by atoms with Gasteiger partial charge in [0, 0.05) is 49.7 Å². The van der Waals surface area contributed by atoms with Crippen molar-refractivity contribution in [1.29, 1.82) is 0 Å². The molecule has 2 saturated heterocycles. The summed E-state index contributed by atoms with van der Waals surface area (Å²) in [7, 11) is -8.46. The number of benzene rings is 2. The summed E-state index contributed by atoms with van der Waals surface area (Å²) in [5, 5.41) is -1.29. The van der Waals surface area contributed by atoms with E-state index in [0.29, 0.717) is 94.6 Å². The van der Waals surface area contributed by atoms with E-state index in [0.717, 1.165) is 37.8 Å². The second-order valence-corrected chi connectivity index (χ2v) is 30.1. The number of hydrogen-bond acceptors (Lipinski definition) is 18. The van der Waals surface area contributed by atoms with Crippen molar-refractivity contribution in [2.24, 2.45) is 0 Å². The van der Waals surface area contributed by atoms with Gasteiger partial charge in [0.05, 0.1) is 41.9 Å². The Labute approximate surface area is 446 Å². The Morgan fingerprint density at radius 2 is 0.947 bits per heavy atom. The Bertz CT molecular complexity index is 3250. The van der Waals surface area contributed by atoms with E-state index in [1.165, 1.54) is 36.9 Å². The van der Waals surface area contributed by atoms with Gasteiger partial charge in [0.25, 0.3) is 0 Å². The molecule has 0 atom stereocenters. The van der Waals surface area contributed by atoms with Gasteiger partial charge >= 0.3 is 6.09 Å². The van der Waals surface area contributed by atoms with Crippen LogP contribution < -0.4 is 18.9 Å². The fourth-order valence-corrected chi connectivity index (χ4v) is 14.5. The molecule has 10 rings (SSSR count). The molecule has 6 fully saturated rings. The Hall–Kier alpha value is -5.02. The van der Waals surface area contributed by atoms with Gasteiger partial charge in [-0.25, -0.2) is 71.5 Å². The predicted octanol–water partition coefficient (Wildman–Crippen LogP) is 8.14. The summed E-state index contributed by atoms with van der Waals surface area (Å²) < 4.78 is 154. The number of hydrogen-bond donors (Lipinski definition) is 0. The Morgan fingerprint density at radius 1 is 0.566 bits per heavy atom. The van der Waals surface area contributed by atoms with E-state index in [4.69, 9.17) is 34.4 Å². The second kappa shape index (κ2) is 22.8. The van der Waals surface area contributed by atoms with Crippen LogP contribution in [0.3, 0.4) is 0 Å². The van der Waals surface area contributed by atoms with Crippen LogP contribution >= 0.6 is 10.7 Å². The lowest BCUT2D eigenvalue weighted by atomic mass is 10.1. The van der Waals surface area contributed by atoms with E-state index in [1.807, 2.05) is 20.8 Å². The fourth-order valence-electron chi connectivity index (χ4n) is 8.04. The lowest BCUT2D eigenvalue weighted by molar-refractivity contribution is 0.0122. The molecule has 2 aromatic carbocycles. The van der Waals surface area contributed by atoms with Crippen molar-refractivity contribution in [3.8, 4) is 35.0 Å². The fraction of sp³-hybridized carbons (Fsp3) is 0.571. The molecule has 20 nitrogen and oxygen atoms in total. The van der Waals surface area contributed by atoms with Gasteiger partial charge in [-0.15, -0.1) is 0 Å². The number of halogens is 3. The van der Waals surface area contributed by atoms with Crippen molar-refractivity contribution in [3.05, 3.63) is 71.8 Å². The molecule has 6 aliphatic rings. The average molecular weight is 1160 g/mol. The van der Waals surface area contributed by atoms with Crippen molar-refractivity contribution in [3.63, 3.8) is 0 Å². The first-order valence-electron chi connectivity index (χ1n) is 25.0. The number of sulfonamides is 1. The van der Waals surface area contributed by atoms with Crippen LogP contribution in [0.5, 0.6) is 35.0 Å². The molecule has 4 saturated carbocycles. The number of carbonyl (C=O) groups is 1. The zero-order valence-electron chi connectivity index (χ0n) is 42.6. The van der Waals surface area contributed by atoms with Crippen molar-refractivity contribution >= 4 is 55.5 Å². The molecule has 0 bridgehead atoms. The molecule has 0 radical (unpaired) electrons. The maximum atomic E-state index is 14.7. The molecule has 4 aromatic rings. The number of piperidine rings is 2. The number of ether oxygens (including phenoxy) is 5. The topological polar surface area (TPSA) is 258 Å². The molecule has 0 unspecified atom stereocenters. The minimum absolute atomic E-state index is 0.0500. The number of nitrogens with zero attached hydrogens (tertiary/aromatic N) is 6. The third-order valence-corrected chi connectivity index (χ3v) is 22.0. The van der Waals surface area contributed by atoms with Gasteiger partial charge in [0.15, 0.2) is 42.8 Å². The highest BCUT2D eigenvalue weighted by molar-refractivity contribution is 8.14. The molecule has 4 aliphatic carbocycles. The highest BCUT2D eigenvalue weighted by Gasteiger charge is 2.42. The van der Waals surface area contributed by atoms with Gasteiger partial charge in [0.1, 0.15) is 30.5 Å². The van der Waals surface area contributed by atoms with Gasteiger partial charge in [-0.05, 0) is 135 Å². The van der Waals surface area contributed by atoms with Crippen LogP contribution in [-0.4, -0.2) is 134 Å². The molecule has 4 heterocycles. The van der Waals surface area contributed by atoms with Gasteiger partial charge in [-0.1, -0.05) is 0 Å². The highest BCUT2D eigenvalue weighted by Crippen LogP contribution is 2.39. The van der Waals surface area contributed by atoms with E-state index < -0.39 is 66.5 Å². The van der Waals surface area contributed by atoms with Crippen LogP contribution in [0, 0.1) is 25.5 Å². The van der Waals surface area contributed by atoms with Gasteiger partial charge in [-0.3, -0.25) is 0 Å². The second-order valence-electron chi connectivity index (χ2n) is 20.5. The minimum atomic E-state index is -3.51. The Balaban J connectivity index is 0.000000178.